The first-order valence-corrected chi connectivity index (χ1v) is 11.2. The number of ether oxygens (including phenoxy) is 1. The van der Waals surface area contributed by atoms with Crippen molar-refractivity contribution in [2.75, 3.05) is 43.6 Å². The Labute approximate surface area is 181 Å². The van der Waals surface area contributed by atoms with E-state index in [-0.39, 0.29) is 4.75 Å². The number of rotatable bonds is 6. The smallest absolute Gasteiger partial charge is 0.161 e. The van der Waals surface area contributed by atoms with Crippen molar-refractivity contribution in [3.63, 3.8) is 0 Å². The average Bonchev–Trinajstić information content (AvgIpc) is 3.61. The lowest BCUT2D eigenvalue weighted by Gasteiger charge is -2.29. The average molecular weight is 420 g/mol. The molecular weight excluding hydrogens is 394 g/mol. The highest BCUT2D eigenvalue weighted by Crippen LogP contribution is 2.59. The van der Waals surface area contributed by atoms with E-state index < -0.39 is 0 Å². The lowest BCUT2D eigenvalue weighted by atomic mass is 10.1. The van der Waals surface area contributed by atoms with E-state index in [0.717, 1.165) is 67.7 Å². The van der Waals surface area contributed by atoms with Gasteiger partial charge in [0, 0.05) is 54.7 Å². The van der Waals surface area contributed by atoms with Gasteiger partial charge in [-0.05, 0) is 49.2 Å². The topological polar surface area (TPSA) is 63.2 Å². The molecule has 1 aromatic carbocycles. The van der Waals surface area contributed by atoms with Crippen molar-refractivity contribution in [3.05, 3.63) is 60.6 Å². The lowest BCUT2D eigenvalue weighted by molar-refractivity contribution is 0.122. The van der Waals surface area contributed by atoms with Crippen LogP contribution in [0, 0.1) is 0 Å². The summed E-state index contributed by atoms with van der Waals surface area (Å²) in [6, 6.07) is 14.7. The highest BCUT2D eigenvalue weighted by molar-refractivity contribution is 8.00. The van der Waals surface area contributed by atoms with Crippen molar-refractivity contribution in [2.24, 2.45) is 0 Å². The standard InChI is InChI=1S/C23H25N5OS/c1-24-18-4-2-17(3-5-18)22-26-20(16-21(27-22)28-12-14-29-15-13-28)23(8-9-23)30-19-6-10-25-11-7-19/h2-7,10-11,16,24H,8-9,12-15H2,1H3. The summed E-state index contributed by atoms with van der Waals surface area (Å²) < 4.78 is 5.57. The minimum absolute atomic E-state index is 0.0188. The fraction of sp³-hybridized carbons (Fsp3) is 0.348. The maximum absolute atomic E-state index is 5.55. The van der Waals surface area contributed by atoms with E-state index in [0.29, 0.717) is 0 Å². The summed E-state index contributed by atoms with van der Waals surface area (Å²) in [5.41, 5.74) is 3.23. The van der Waals surface area contributed by atoms with Gasteiger partial charge < -0.3 is 15.0 Å². The summed E-state index contributed by atoms with van der Waals surface area (Å²) in [4.78, 5) is 17.7. The van der Waals surface area contributed by atoms with E-state index in [9.17, 15) is 0 Å². The van der Waals surface area contributed by atoms with Crippen molar-refractivity contribution >= 4 is 23.3 Å². The van der Waals surface area contributed by atoms with Crippen LogP contribution in [-0.4, -0.2) is 48.3 Å². The molecule has 3 heterocycles. The molecule has 0 amide bonds. The number of nitrogens with one attached hydrogen (secondary N) is 1. The van der Waals surface area contributed by atoms with Gasteiger partial charge in [-0.2, -0.15) is 0 Å². The molecule has 3 aromatic rings. The van der Waals surface area contributed by atoms with E-state index in [4.69, 9.17) is 14.7 Å². The predicted molar refractivity (Wildman–Crippen MR) is 121 cm³/mol. The number of benzene rings is 1. The minimum atomic E-state index is 0.0188. The van der Waals surface area contributed by atoms with Gasteiger partial charge in [-0.3, -0.25) is 4.98 Å². The lowest BCUT2D eigenvalue weighted by Crippen LogP contribution is -2.37. The molecule has 2 aliphatic rings. The Balaban J connectivity index is 1.54. The van der Waals surface area contributed by atoms with Gasteiger partial charge in [-0.25, -0.2) is 9.97 Å². The Morgan fingerprint density at radius 3 is 2.40 bits per heavy atom. The maximum atomic E-state index is 5.55. The highest BCUT2D eigenvalue weighted by atomic mass is 32.2. The fourth-order valence-corrected chi connectivity index (χ4v) is 4.92. The molecule has 1 N–H and O–H groups in total. The summed E-state index contributed by atoms with van der Waals surface area (Å²) in [6.45, 7) is 3.20. The number of thioether (sulfide) groups is 1. The Kier molecular flexibility index (Phi) is 5.31. The number of hydrogen-bond acceptors (Lipinski definition) is 7. The Morgan fingerprint density at radius 2 is 1.73 bits per heavy atom. The van der Waals surface area contributed by atoms with Gasteiger partial charge in [-0.1, -0.05) is 0 Å². The number of hydrogen-bond donors (Lipinski definition) is 1. The first-order chi connectivity index (χ1) is 14.8. The molecule has 6 nitrogen and oxygen atoms in total. The van der Waals surface area contributed by atoms with Crippen molar-refractivity contribution in [3.8, 4) is 11.4 Å². The normalized spacial score (nSPS) is 17.6. The van der Waals surface area contributed by atoms with E-state index in [1.807, 2.05) is 31.2 Å². The van der Waals surface area contributed by atoms with Crippen LogP contribution >= 0.6 is 11.8 Å². The zero-order valence-electron chi connectivity index (χ0n) is 17.0. The molecule has 0 unspecified atom stereocenters. The van der Waals surface area contributed by atoms with Gasteiger partial charge in [0.05, 0.1) is 23.7 Å². The van der Waals surface area contributed by atoms with Crippen LogP contribution in [0.3, 0.4) is 0 Å². The molecule has 7 heteroatoms. The van der Waals surface area contributed by atoms with Crippen molar-refractivity contribution < 1.29 is 4.74 Å². The molecule has 0 bridgehead atoms. The van der Waals surface area contributed by atoms with Crippen LogP contribution in [-0.2, 0) is 9.48 Å². The molecule has 30 heavy (non-hydrogen) atoms. The monoisotopic (exact) mass is 419 g/mol. The molecular formula is C23H25N5OS. The van der Waals surface area contributed by atoms with Gasteiger partial charge >= 0.3 is 0 Å². The van der Waals surface area contributed by atoms with E-state index >= 15 is 0 Å². The Bertz CT molecular complexity index is 1000. The third-order valence-corrected chi connectivity index (χ3v) is 7.13. The maximum Gasteiger partial charge on any atom is 0.161 e. The largest absolute Gasteiger partial charge is 0.388 e. The highest BCUT2D eigenvalue weighted by Gasteiger charge is 2.47. The number of nitrogens with zero attached hydrogens (tertiary/aromatic N) is 4. The third kappa shape index (κ3) is 4.00. The van der Waals surface area contributed by atoms with Gasteiger partial charge in [0.1, 0.15) is 5.82 Å². The third-order valence-electron chi connectivity index (χ3n) is 5.61. The van der Waals surface area contributed by atoms with Crippen LogP contribution in [0.4, 0.5) is 11.5 Å². The number of aromatic nitrogens is 3. The second-order valence-electron chi connectivity index (χ2n) is 7.64. The van der Waals surface area contributed by atoms with Crippen molar-refractivity contribution in [2.45, 2.75) is 22.5 Å². The zero-order chi connectivity index (χ0) is 20.4. The summed E-state index contributed by atoms with van der Waals surface area (Å²) >= 11 is 1.89. The predicted octanol–water partition coefficient (Wildman–Crippen LogP) is 4.20. The van der Waals surface area contributed by atoms with Crippen LogP contribution < -0.4 is 10.2 Å². The molecule has 154 valence electrons. The zero-order valence-corrected chi connectivity index (χ0v) is 17.9. The van der Waals surface area contributed by atoms with Gasteiger partial charge in [0.15, 0.2) is 5.82 Å². The number of morpholine rings is 1. The molecule has 0 atom stereocenters. The Hall–Kier alpha value is -2.64. The first kappa shape index (κ1) is 19.3. The van der Waals surface area contributed by atoms with Gasteiger partial charge in [0.2, 0.25) is 0 Å². The van der Waals surface area contributed by atoms with Gasteiger partial charge in [0.25, 0.3) is 0 Å². The minimum Gasteiger partial charge on any atom is -0.388 e. The summed E-state index contributed by atoms with van der Waals surface area (Å²) in [6.07, 6.45) is 5.95. The summed E-state index contributed by atoms with van der Waals surface area (Å²) in [5, 5.41) is 3.17. The molecule has 1 saturated heterocycles. The molecule has 1 aliphatic carbocycles. The molecule has 5 rings (SSSR count). The second kappa shape index (κ2) is 8.24. The van der Waals surface area contributed by atoms with Crippen molar-refractivity contribution in [1.29, 1.82) is 0 Å². The summed E-state index contributed by atoms with van der Waals surface area (Å²) in [5.74, 6) is 1.79. The Morgan fingerprint density at radius 1 is 1.00 bits per heavy atom. The van der Waals surface area contributed by atoms with Crippen LogP contribution in [0.15, 0.2) is 59.8 Å². The molecule has 2 fully saturated rings. The SMILES string of the molecule is CNc1ccc(-c2nc(N3CCOCC3)cc(C3(Sc4ccncc4)CC3)n2)cc1. The van der Waals surface area contributed by atoms with Crippen LogP contribution in [0.5, 0.6) is 0 Å². The first-order valence-electron chi connectivity index (χ1n) is 10.4. The second-order valence-corrected chi connectivity index (χ2v) is 9.10. The molecule has 1 aliphatic heterocycles. The quantitative estimate of drug-likeness (QED) is 0.642. The molecule has 0 radical (unpaired) electrons. The number of pyridine rings is 1. The molecule has 0 spiro atoms. The van der Waals surface area contributed by atoms with Crippen LogP contribution in [0.1, 0.15) is 18.5 Å². The van der Waals surface area contributed by atoms with E-state index in [1.54, 1.807) is 0 Å². The van der Waals surface area contributed by atoms with E-state index in [1.165, 1.54) is 4.90 Å². The van der Waals surface area contributed by atoms with Gasteiger partial charge in [-0.15, -0.1) is 11.8 Å². The number of anilines is 2. The molecule has 2 aromatic heterocycles. The molecule has 1 saturated carbocycles. The van der Waals surface area contributed by atoms with Crippen LogP contribution in [0.25, 0.3) is 11.4 Å². The van der Waals surface area contributed by atoms with Crippen molar-refractivity contribution in [1.82, 2.24) is 15.0 Å². The summed E-state index contributed by atoms with van der Waals surface area (Å²) in [7, 11) is 1.93. The van der Waals surface area contributed by atoms with Crippen LogP contribution in [0.2, 0.25) is 0 Å². The fourth-order valence-electron chi connectivity index (χ4n) is 3.69. The van der Waals surface area contributed by atoms with E-state index in [2.05, 4.69) is 57.7 Å².